The van der Waals surface area contributed by atoms with Gasteiger partial charge in [-0.05, 0) is 44.4 Å². The normalized spacial score (nSPS) is 18.8. The van der Waals surface area contributed by atoms with Crippen molar-refractivity contribution >= 4 is 29.4 Å². The summed E-state index contributed by atoms with van der Waals surface area (Å²) in [5.74, 6) is -2.04. The largest absolute Gasteiger partial charge is 0.405 e. The Bertz CT molecular complexity index is 925. The van der Waals surface area contributed by atoms with Crippen molar-refractivity contribution in [3.63, 3.8) is 0 Å². The lowest BCUT2D eigenvalue weighted by molar-refractivity contribution is -0.136. The third-order valence-electron chi connectivity index (χ3n) is 5.62. The molecule has 168 valence electrons. The zero-order chi connectivity index (χ0) is 23.0. The number of carbonyl (C=O) groups is 4. The molecule has 8 nitrogen and oxygen atoms in total. The molecule has 3 N–H and O–H groups in total. The van der Waals surface area contributed by atoms with E-state index in [-0.39, 0.29) is 11.3 Å². The number of nitrogens with zero attached hydrogens (tertiary/aromatic N) is 1. The molecule has 1 atom stereocenters. The smallest absolute Gasteiger partial charge is 0.343 e. The zero-order valence-corrected chi connectivity index (χ0v) is 17.1. The molecule has 31 heavy (non-hydrogen) atoms. The minimum atomic E-state index is -4.55. The highest BCUT2D eigenvalue weighted by Crippen LogP contribution is 2.36. The number of hydrogen-bond acceptors (Lipinski definition) is 4. The number of alkyl halides is 3. The molecule has 5 amide bonds. The predicted octanol–water partition coefficient (Wildman–Crippen LogP) is 2.48. The van der Waals surface area contributed by atoms with E-state index in [4.69, 9.17) is 0 Å². The van der Waals surface area contributed by atoms with Crippen molar-refractivity contribution in [2.45, 2.75) is 57.3 Å². The molecule has 0 radical (unpaired) electrons. The fraction of sp³-hybridized carbons (Fsp3) is 0.500. The minimum Gasteiger partial charge on any atom is -0.343 e. The number of imide groups is 1. The van der Waals surface area contributed by atoms with Gasteiger partial charge in [-0.15, -0.1) is 0 Å². The molecule has 1 aliphatic heterocycles. The van der Waals surface area contributed by atoms with Crippen LogP contribution in [0.15, 0.2) is 18.2 Å². The Morgan fingerprint density at radius 3 is 2.48 bits per heavy atom. The molecule has 3 rings (SSSR count). The Labute approximate surface area is 176 Å². The summed E-state index contributed by atoms with van der Waals surface area (Å²) < 4.78 is 37.0. The van der Waals surface area contributed by atoms with Crippen molar-refractivity contribution < 1.29 is 32.3 Å². The van der Waals surface area contributed by atoms with Crippen LogP contribution in [0.1, 0.15) is 48.5 Å². The molecule has 0 aromatic heterocycles. The summed E-state index contributed by atoms with van der Waals surface area (Å²) in [7, 11) is 0. The molecule has 2 fully saturated rings. The number of halogens is 3. The Balaban J connectivity index is 1.72. The topological polar surface area (TPSA) is 108 Å². The van der Waals surface area contributed by atoms with Gasteiger partial charge in [0.25, 0.3) is 11.8 Å². The van der Waals surface area contributed by atoms with E-state index in [0.717, 1.165) is 17.7 Å². The van der Waals surface area contributed by atoms with Gasteiger partial charge >= 0.3 is 12.2 Å². The van der Waals surface area contributed by atoms with Gasteiger partial charge in [-0.25, -0.2) is 9.69 Å². The van der Waals surface area contributed by atoms with Gasteiger partial charge in [-0.2, -0.15) is 13.2 Å². The monoisotopic (exact) mass is 440 g/mol. The second kappa shape index (κ2) is 8.20. The summed E-state index contributed by atoms with van der Waals surface area (Å²) in [5, 5.41) is 7.03. The summed E-state index contributed by atoms with van der Waals surface area (Å²) >= 11 is 0. The van der Waals surface area contributed by atoms with E-state index in [1.165, 1.54) is 25.1 Å². The average Bonchev–Trinajstić information content (AvgIpc) is 3.25. The maximum atomic E-state index is 12.8. The lowest BCUT2D eigenvalue weighted by atomic mass is 9.97. The highest BCUT2D eigenvalue weighted by Gasteiger charge is 2.54. The molecule has 1 saturated heterocycles. The molecule has 1 unspecified atom stereocenters. The van der Waals surface area contributed by atoms with E-state index in [9.17, 15) is 32.3 Å². The number of hydrogen-bond donors (Lipinski definition) is 3. The molecular weight excluding hydrogens is 417 g/mol. The number of rotatable bonds is 5. The van der Waals surface area contributed by atoms with Crippen LogP contribution >= 0.6 is 0 Å². The highest BCUT2D eigenvalue weighted by molar-refractivity contribution is 6.11. The van der Waals surface area contributed by atoms with Crippen molar-refractivity contribution in [3.8, 4) is 0 Å². The summed E-state index contributed by atoms with van der Waals surface area (Å²) in [6.07, 6.45) is -1.88. The summed E-state index contributed by atoms with van der Waals surface area (Å²) in [6.45, 7) is 1.57. The fourth-order valence-corrected chi connectivity index (χ4v) is 3.85. The number of anilines is 1. The second-order valence-electron chi connectivity index (χ2n) is 7.89. The van der Waals surface area contributed by atoms with Gasteiger partial charge in [0.05, 0.1) is 0 Å². The molecule has 1 saturated carbocycles. The van der Waals surface area contributed by atoms with E-state index in [1.54, 1.807) is 12.2 Å². The third kappa shape index (κ3) is 4.64. The van der Waals surface area contributed by atoms with E-state index >= 15 is 0 Å². The minimum absolute atomic E-state index is 0.0716. The van der Waals surface area contributed by atoms with E-state index in [1.807, 2.05) is 0 Å². The van der Waals surface area contributed by atoms with Gasteiger partial charge in [0.15, 0.2) is 0 Å². The van der Waals surface area contributed by atoms with Gasteiger partial charge in [-0.3, -0.25) is 14.4 Å². The van der Waals surface area contributed by atoms with Crippen LogP contribution in [-0.4, -0.2) is 53.0 Å². The maximum absolute atomic E-state index is 12.8. The Morgan fingerprint density at radius 1 is 1.23 bits per heavy atom. The molecular formula is C20H23F3N4O4. The van der Waals surface area contributed by atoms with Gasteiger partial charge in [-0.1, -0.05) is 18.9 Å². The van der Waals surface area contributed by atoms with Gasteiger partial charge in [0.2, 0.25) is 5.91 Å². The summed E-state index contributed by atoms with van der Waals surface area (Å²) in [4.78, 5) is 50.8. The molecule has 1 aromatic rings. The van der Waals surface area contributed by atoms with Crippen LogP contribution in [0.4, 0.5) is 23.7 Å². The lowest BCUT2D eigenvalue weighted by Gasteiger charge is -2.24. The van der Waals surface area contributed by atoms with Crippen molar-refractivity contribution in [1.29, 1.82) is 0 Å². The Kier molecular flexibility index (Phi) is 5.97. The third-order valence-corrected chi connectivity index (χ3v) is 5.62. The molecule has 2 aliphatic rings. The summed E-state index contributed by atoms with van der Waals surface area (Å²) in [5.41, 5.74) is -0.271. The number of aryl methyl sites for hydroxylation is 1. The first-order chi connectivity index (χ1) is 14.4. The quantitative estimate of drug-likeness (QED) is 0.612. The highest BCUT2D eigenvalue weighted by atomic mass is 19.4. The Morgan fingerprint density at radius 2 is 1.87 bits per heavy atom. The van der Waals surface area contributed by atoms with Crippen molar-refractivity contribution in [2.24, 2.45) is 0 Å². The Hall–Kier alpha value is -3.11. The number of carbonyl (C=O) groups excluding carboxylic acids is 4. The number of amides is 5. The molecule has 1 heterocycles. The van der Waals surface area contributed by atoms with E-state index in [2.05, 4.69) is 10.6 Å². The van der Waals surface area contributed by atoms with Gasteiger partial charge < -0.3 is 16.0 Å². The van der Waals surface area contributed by atoms with Crippen LogP contribution < -0.4 is 16.0 Å². The number of nitrogens with one attached hydrogen (secondary N) is 3. The summed E-state index contributed by atoms with van der Waals surface area (Å²) in [6, 6.07) is 2.31. The van der Waals surface area contributed by atoms with Gasteiger partial charge in [0, 0.05) is 11.3 Å². The fourth-order valence-electron chi connectivity index (χ4n) is 3.85. The van der Waals surface area contributed by atoms with Crippen molar-refractivity contribution in [1.82, 2.24) is 15.5 Å². The van der Waals surface area contributed by atoms with Crippen LogP contribution in [-0.2, 0) is 9.59 Å². The standard InChI is InChI=1S/C20H23F3N4O4/c1-11-5-6-13(16(29)24-10-20(21,22)23)9-14(11)25-15(28)12(2)27-17(30)19(26-18(27)31)7-3-4-8-19/h5-6,9,12H,3-4,7-8,10H2,1-2H3,(H,24,29)(H,25,28)(H,26,31). The molecule has 1 aromatic carbocycles. The second-order valence-corrected chi connectivity index (χ2v) is 7.89. The first-order valence-corrected chi connectivity index (χ1v) is 9.86. The molecule has 1 spiro atoms. The molecule has 11 heteroatoms. The van der Waals surface area contributed by atoms with Crippen LogP contribution in [0.5, 0.6) is 0 Å². The van der Waals surface area contributed by atoms with E-state index < -0.39 is 48.1 Å². The average molecular weight is 440 g/mol. The van der Waals surface area contributed by atoms with Crippen LogP contribution in [0.2, 0.25) is 0 Å². The van der Waals surface area contributed by atoms with Crippen molar-refractivity contribution in [2.75, 3.05) is 11.9 Å². The SMILES string of the molecule is Cc1ccc(C(=O)NCC(F)(F)F)cc1NC(=O)C(C)N1C(=O)NC2(CCCC2)C1=O. The van der Waals surface area contributed by atoms with Crippen molar-refractivity contribution in [3.05, 3.63) is 29.3 Å². The van der Waals surface area contributed by atoms with E-state index in [0.29, 0.717) is 18.4 Å². The molecule has 0 bridgehead atoms. The van der Waals surface area contributed by atoms with Crippen LogP contribution in [0, 0.1) is 6.92 Å². The van der Waals surface area contributed by atoms with Gasteiger partial charge in [0.1, 0.15) is 18.1 Å². The van der Waals surface area contributed by atoms with Crippen LogP contribution in [0.3, 0.4) is 0 Å². The predicted molar refractivity (Wildman–Crippen MR) is 104 cm³/mol. The number of benzene rings is 1. The molecule has 1 aliphatic carbocycles. The maximum Gasteiger partial charge on any atom is 0.405 e. The lowest BCUT2D eigenvalue weighted by Crippen LogP contribution is -2.48. The zero-order valence-electron chi connectivity index (χ0n) is 17.1. The number of urea groups is 1. The van der Waals surface area contributed by atoms with Crippen LogP contribution in [0.25, 0.3) is 0 Å². The first-order valence-electron chi connectivity index (χ1n) is 9.86. The first kappa shape index (κ1) is 22.6.